The molecule has 1 atom stereocenters. The van der Waals surface area contributed by atoms with Crippen molar-refractivity contribution < 1.29 is 0 Å². The Balaban J connectivity index is 1.87. The second-order valence-electron chi connectivity index (χ2n) is 16.0. The number of aryl methyl sites for hydroxylation is 2. The molecule has 0 fully saturated rings. The van der Waals surface area contributed by atoms with Crippen LogP contribution >= 0.6 is 0 Å². The van der Waals surface area contributed by atoms with Gasteiger partial charge >= 0.3 is 0 Å². The van der Waals surface area contributed by atoms with E-state index in [-0.39, 0.29) is 16.6 Å². The molecule has 0 aliphatic rings. The molecule has 0 aliphatic carbocycles. The van der Waals surface area contributed by atoms with Gasteiger partial charge in [-0.25, -0.2) is 0 Å². The Hall–Kier alpha value is -2.94. The average Bonchev–Trinajstić information content (AvgIpc) is 2.94. The van der Waals surface area contributed by atoms with E-state index in [2.05, 4.69) is 179 Å². The molecule has 1 unspecified atom stereocenters. The van der Waals surface area contributed by atoms with Gasteiger partial charge in [-0.1, -0.05) is 75.4 Å². The van der Waals surface area contributed by atoms with Crippen LogP contribution in [0.1, 0.15) is 123 Å². The molecule has 0 saturated heterocycles. The van der Waals surface area contributed by atoms with Gasteiger partial charge in [0.1, 0.15) is 0 Å². The maximum absolute atomic E-state index is 2.56. The molecule has 242 valence electrons. The third kappa shape index (κ3) is 8.40. The van der Waals surface area contributed by atoms with Gasteiger partial charge in [0.2, 0.25) is 0 Å². The summed E-state index contributed by atoms with van der Waals surface area (Å²) in [5.41, 5.74) is 9.93. The molecule has 0 aliphatic heterocycles. The number of rotatable bonds is 12. The SMILES string of the molecule is Cc1cccc(CCC(C)c2cccc(C(C)C)c2N(C)C(C)(C)C)c1N(C)C(C)(C)CCN(c1ccccc1)C(C)(C)C. The number of hydrogen-bond donors (Lipinski definition) is 0. The molecule has 0 spiro atoms. The second-order valence-corrected chi connectivity index (χ2v) is 16.0. The highest BCUT2D eigenvalue weighted by Crippen LogP contribution is 2.40. The summed E-state index contributed by atoms with van der Waals surface area (Å²) in [5, 5.41) is 0. The lowest BCUT2D eigenvalue weighted by Gasteiger charge is -2.44. The molecule has 0 N–H and O–H groups in total. The summed E-state index contributed by atoms with van der Waals surface area (Å²) in [4.78, 5) is 7.62. The fourth-order valence-corrected chi connectivity index (χ4v) is 6.41. The molecule has 3 aromatic rings. The largest absolute Gasteiger partial charge is 0.369 e. The van der Waals surface area contributed by atoms with E-state index < -0.39 is 0 Å². The van der Waals surface area contributed by atoms with E-state index in [1.54, 1.807) is 0 Å². The molecule has 0 bridgehead atoms. The first-order valence-corrected chi connectivity index (χ1v) is 16.9. The predicted octanol–water partition coefficient (Wildman–Crippen LogP) is 11.0. The van der Waals surface area contributed by atoms with Crippen LogP contribution in [0.25, 0.3) is 0 Å². The Kier molecular flexibility index (Phi) is 11.3. The summed E-state index contributed by atoms with van der Waals surface area (Å²) in [6.45, 7) is 29.1. The predicted molar refractivity (Wildman–Crippen MR) is 197 cm³/mol. The van der Waals surface area contributed by atoms with Crippen LogP contribution in [-0.4, -0.2) is 37.3 Å². The van der Waals surface area contributed by atoms with Gasteiger partial charge in [0, 0.05) is 54.3 Å². The van der Waals surface area contributed by atoms with Crippen LogP contribution in [0, 0.1) is 6.92 Å². The highest BCUT2D eigenvalue weighted by Gasteiger charge is 2.30. The highest BCUT2D eigenvalue weighted by molar-refractivity contribution is 5.64. The summed E-state index contributed by atoms with van der Waals surface area (Å²) in [6.07, 6.45) is 3.23. The van der Waals surface area contributed by atoms with Gasteiger partial charge in [0.25, 0.3) is 0 Å². The molecule has 3 rings (SSSR count). The molecule has 3 heteroatoms. The molecule has 0 radical (unpaired) electrons. The monoisotopic (exact) mass is 598 g/mol. The van der Waals surface area contributed by atoms with Crippen molar-refractivity contribution in [2.45, 2.75) is 131 Å². The summed E-state index contributed by atoms with van der Waals surface area (Å²) >= 11 is 0. The fourth-order valence-electron chi connectivity index (χ4n) is 6.41. The number of anilines is 3. The number of benzene rings is 3. The van der Waals surface area contributed by atoms with E-state index in [1.165, 1.54) is 39.3 Å². The van der Waals surface area contributed by atoms with Gasteiger partial charge in [-0.05, 0) is 128 Å². The third-order valence-electron chi connectivity index (χ3n) is 9.83. The van der Waals surface area contributed by atoms with Crippen LogP contribution in [0.15, 0.2) is 66.7 Å². The van der Waals surface area contributed by atoms with Crippen LogP contribution in [0.3, 0.4) is 0 Å². The zero-order valence-corrected chi connectivity index (χ0v) is 30.7. The third-order valence-corrected chi connectivity index (χ3v) is 9.83. The summed E-state index contributed by atoms with van der Waals surface area (Å²) in [6, 6.07) is 24.7. The van der Waals surface area contributed by atoms with E-state index in [1.807, 2.05) is 0 Å². The van der Waals surface area contributed by atoms with Crippen LogP contribution in [-0.2, 0) is 6.42 Å². The molecule has 3 nitrogen and oxygen atoms in total. The maximum atomic E-state index is 2.56. The Labute approximate surface area is 271 Å². The minimum Gasteiger partial charge on any atom is -0.369 e. The molecule has 44 heavy (non-hydrogen) atoms. The average molecular weight is 598 g/mol. The Bertz CT molecular complexity index is 1340. The minimum atomic E-state index is -0.0149. The first-order chi connectivity index (χ1) is 20.4. The molecular weight excluding hydrogens is 534 g/mol. The Morgan fingerprint density at radius 3 is 1.80 bits per heavy atom. The van der Waals surface area contributed by atoms with Crippen molar-refractivity contribution in [2.75, 3.05) is 35.3 Å². The van der Waals surface area contributed by atoms with Crippen LogP contribution in [0.5, 0.6) is 0 Å². The molecule has 0 aromatic heterocycles. The fraction of sp³-hybridized carbons (Fsp3) is 0.561. The first kappa shape index (κ1) is 35.5. The number of nitrogens with zero attached hydrogens (tertiary/aromatic N) is 3. The molecule has 0 saturated carbocycles. The van der Waals surface area contributed by atoms with E-state index in [0.717, 1.165) is 25.8 Å². The summed E-state index contributed by atoms with van der Waals surface area (Å²) in [5.74, 6) is 0.934. The molecule has 0 amide bonds. The van der Waals surface area contributed by atoms with E-state index in [9.17, 15) is 0 Å². The zero-order chi connectivity index (χ0) is 33.0. The first-order valence-electron chi connectivity index (χ1n) is 16.9. The van der Waals surface area contributed by atoms with Gasteiger partial charge in [0.05, 0.1) is 0 Å². The van der Waals surface area contributed by atoms with E-state index in [0.29, 0.717) is 11.8 Å². The molecule has 0 heterocycles. The van der Waals surface area contributed by atoms with Gasteiger partial charge < -0.3 is 14.7 Å². The van der Waals surface area contributed by atoms with Crippen molar-refractivity contribution in [3.8, 4) is 0 Å². The van der Waals surface area contributed by atoms with Gasteiger partial charge in [-0.3, -0.25) is 0 Å². The Morgan fingerprint density at radius 2 is 1.23 bits per heavy atom. The van der Waals surface area contributed by atoms with Crippen molar-refractivity contribution in [1.82, 2.24) is 0 Å². The smallest absolute Gasteiger partial charge is 0.0438 e. The van der Waals surface area contributed by atoms with Crippen molar-refractivity contribution in [1.29, 1.82) is 0 Å². The van der Waals surface area contributed by atoms with E-state index >= 15 is 0 Å². The van der Waals surface area contributed by atoms with Crippen LogP contribution < -0.4 is 14.7 Å². The van der Waals surface area contributed by atoms with Crippen molar-refractivity contribution >= 4 is 17.1 Å². The topological polar surface area (TPSA) is 9.72 Å². The second kappa shape index (κ2) is 14.0. The van der Waals surface area contributed by atoms with Gasteiger partial charge in [0.15, 0.2) is 0 Å². The number of para-hydroxylation sites is 3. The lowest BCUT2D eigenvalue weighted by molar-refractivity contribution is 0.414. The highest BCUT2D eigenvalue weighted by atomic mass is 15.2. The normalized spacial score (nSPS) is 13.2. The van der Waals surface area contributed by atoms with Crippen molar-refractivity contribution in [3.63, 3.8) is 0 Å². The van der Waals surface area contributed by atoms with E-state index in [4.69, 9.17) is 0 Å². The zero-order valence-electron chi connectivity index (χ0n) is 30.7. The molecule has 3 aromatic carbocycles. The van der Waals surface area contributed by atoms with Gasteiger partial charge in [-0.2, -0.15) is 0 Å². The maximum Gasteiger partial charge on any atom is 0.0438 e. The minimum absolute atomic E-state index is 0.0149. The lowest BCUT2D eigenvalue weighted by atomic mass is 9.86. The van der Waals surface area contributed by atoms with Crippen molar-refractivity contribution in [2.24, 2.45) is 0 Å². The summed E-state index contributed by atoms with van der Waals surface area (Å²) in [7, 11) is 4.58. The summed E-state index contributed by atoms with van der Waals surface area (Å²) < 4.78 is 0. The van der Waals surface area contributed by atoms with Crippen LogP contribution in [0.2, 0.25) is 0 Å². The van der Waals surface area contributed by atoms with Crippen LogP contribution in [0.4, 0.5) is 17.1 Å². The quantitative estimate of drug-likeness (QED) is 0.206. The van der Waals surface area contributed by atoms with Gasteiger partial charge in [-0.15, -0.1) is 0 Å². The molecular formula is C41H63N3. The Morgan fingerprint density at radius 1 is 0.636 bits per heavy atom. The van der Waals surface area contributed by atoms with Crippen molar-refractivity contribution in [3.05, 3.63) is 89.0 Å². The standard InChI is InChI=1S/C41H63N3/c1-30(2)35-24-19-25-36(38(35)42(13)39(5,6)7)31(3)26-27-33-21-18-20-32(4)37(33)43(14)41(11,12)28-29-44(40(8,9)10)34-22-16-15-17-23-34/h15-25,30-31H,26-29H2,1-14H3. The lowest BCUT2D eigenvalue weighted by Crippen LogP contribution is -2.48. The number of hydrogen-bond acceptors (Lipinski definition) is 3.